The van der Waals surface area contributed by atoms with Crippen LogP contribution in [0, 0.1) is 0 Å². The highest BCUT2D eigenvalue weighted by Gasteiger charge is 2.43. The monoisotopic (exact) mass is 348 g/mol. The van der Waals surface area contributed by atoms with Crippen LogP contribution in [-0.2, 0) is 4.74 Å². The summed E-state index contributed by atoms with van der Waals surface area (Å²) in [4.78, 5) is -0.728. The number of azo groups is 1. The van der Waals surface area contributed by atoms with E-state index in [1.165, 1.54) is 29.6 Å². The van der Waals surface area contributed by atoms with Crippen LogP contribution in [-0.4, -0.2) is 26.1 Å². The third-order valence-corrected chi connectivity index (χ3v) is 4.94. The van der Waals surface area contributed by atoms with E-state index in [0.29, 0.717) is 16.1 Å². The van der Waals surface area contributed by atoms with E-state index in [-0.39, 0.29) is 0 Å². The van der Waals surface area contributed by atoms with Crippen LogP contribution in [0.3, 0.4) is 0 Å². The standard InChI is InChI=1S/C13H24N4OS3/c1-3-5-7-8-9-13(16-15-11(19)17(13)14)21-12(20)18-10-6-4-2/h3-10,14H2,1-2H3. The van der Waals surface area contributed by atoms with Crippen LogP contribution in [0.2, 0.25) is 0 Å². The van der Waals surface area contributed by atoms with Gasteiger partial charge in [0, 0.05) is 6.42 Å². The Morgan fingerprint density at radius 2 is 2.00 bits per heavy atom. The Balaban J connectivity index is 2.59. The Kier molecular flexibility index (Phi) is 8.62. The molecular weight excluding hydrogens is 324 g/mol. The molecule has 120 valence electrons. The number of hydrogen-bond acceptors (Lipinski definition) is 6. The molecule has 1 heterocycles. The highest BCUT2D eigenvalue weighted by Crippen LogP contribution is 2.40. The number of rotatable bonds is 9. The summed E-state index contributed by atoms with van der Waals surface area (Å²) in [5, 5.41) is 9.96. The maximum Gasteiger partial charge on any atom is 0.233 e. The molecule has 0 amide bonds. The van der Waals surface area contributed by atoms with E-state index in [1.54, 1.807) is 0 Å². The fraction of sp³-hybridized carbons (Fsp3) is 0.846. The van der Waals surface area contributed by atoms with Gasteiger partial charge in [0.25, 0.3) is 0 Å². The van der Waals surface area contributed by atoms with Gasteiger partial charge in [0.05, 0.1) is 6.61 Å². The van der Waals surface area contributed by atoms with E-state index in [9.17, 15) is 0 Å². The molecule has 0 saturated carbocycles. The number of hydrogen-bond donors (Lipinski definition) is 1. The summed E-state index contributed by atoms with van der Waals surface area (Å²) in [7, 11) is 0. The van der Waals surface area contributed by atoms with Gasteiger partial charge in [-0.15, -0.1) is 10.2 Å². The smallest absolute Gasteiger partial charge is 0.233 e. The van der Waals surface area contributed by atoms with Crippen molar-refractivity contribution in [1.29, 1.82) is 0 Å². The number of hydrazine groups is 1. The molecule has 0 fully saturated rings. The second-order valence-electron chi connectivity index (χ2n) is 4.96. The first kappa shape index (κ1) is 18.7. The first-order valence-corrected chi connectivity index (χ1v) is 9.06. The summed E-state index contributed by atoms with van der Waals surface area (Å²) in [6.07, 6.45) is 7.34. The molecule has 2 N–H and O–H groups in total. The van der Waals surface area contributed by atoms with Gasteiger partial charge < -0.3 is 4.74 Å². The molecule has 5 nitrogen and oxygen atoms in total. The van der Waals surface area contributed by atoms with Gasteiger partial charge >= 0.3 is 0 Å². The second-order valence-corrected chi connectivity index (χ2v) is 7.18. The quantitative estimate of drug-likeness (QED) is 0.379. The number of unbranched alkanes of at least 4 members (excludes halogenated alkanes) is 4. The molecule has 0 aromatic carbocycles. The molecule has 1 unspecified atom stereocenters. The summed E-state index contributed by atoms with van der Waals surface area (Å²) in [5.41, 5.74) is 0. The zero-order valence-electron chi connectivity index (χ0n) is 12.7. The lowest BCUT2D eigenvalue weighted by Crippen LogP contribution is -2.48. The lowest BCUT2D eigenvalue weighted by atomic mass is 10.1. The predicted molar refractivity (Wildman–Crippen MR) is 96.0 cm³/mol. The largest absolute Gasteiger partial charge is 0.478 e. The van der Waals surface area contributed by atoms with Crippen molar-refractivity contribution in [3.05, 3.63) is 0 Å². The van der Waals surface area contributed by atoms with Gasteiger partial charge in [-0.2, -0.15) is 0 Å². The van der Waals surface area contributed by atoms with Gasteiger partial charge in [0.15, 0.2) is 0 Å². The minimum Gasteiger partial charge on any atom is -0.478 e. The zero-order valence-corrected chi connectivity index (χ0v) is 15.2. The van der Waals surface area contributed by atoms with Crippen LogP contribution in [0.1, 0.15) is 58.8 Å². The Morgan fingerprint density at radius 3 is 2.57 bits per heavy atom. The van der Waals surface area contributed by atoms with E-state index in [1.807, 2.05) is 0 Å². The number of thioether (sulfide) groups is 1. The van der Waals surface area contributed by atoms with E-state index in [4.69, 9.17) is 35.0 Å². The Morgan fingerprint density at radius 1 is 1.29 bits per heavy atom. The summed E-state index contributed by atoms with van der Waals surface area (Å²) in [5.74, 6) is 6.04. The average Bonchev–Trinajstić information content (AvgIpc) is 2.73. The third kappa shape index (κ3) is 5.77. The lowest BCUT2D eigenvalue weighted by molar-refractivity contribution is 0.283. The van der Waals surface area contributed by atoms with Crippen molar-refractivity contribution in [2.75, 3.05) is 6.61 Å². The topological polar surface area (TPSA) is 63.2 Å². The van der Waals surface area contributed by atoms with Crippen molar-refractivity contribution in [2.45, 2.75) is 63.8 Å². The van der Waals surface area contributed by atoms with Crippen molar-refractivity contribution >= 4 is 45.7 Å². The van der Waals surface area contributed by atoms with Crippen LogP contribution >= 0.6 is 36.2 Å². The van der Waals surface area contributed by atoms with Crippen LogP contribution in [0.5, 0.6) is 0 Å². The maximum absolute atomic E-state index is 6.04. The molecule has 1 aliphatic rings. The van der Waals surface area contributed by atoms with Gasteiger partial charge in [-0.3, -0.25) is 0 Å². The molecule has 0 bridgehead atoms. The normalized spacial score (nSPS) is 21.1. The first-order chi connectivity index (χ1) is 10.1. The molecule has 0 aromatic rings. The molecule has 0 radical (unpaired) electrons. The van der Waals surface area contributed by atoms with Crippen molar-refractivity contribution in [3.63, 3.8) is 0 Å². The molecule has 0 saturated heterocycles. The Labute approximate surface area is 142 Å². The minimum atomic E-state index is -0.728. The van der Waals surface area contributed by atoms with E-state index < -0.39 is 4.99 Å². The van der Waals surface area contributed by atoms with Crippen LogP contribution in [0.15, 0.2) is 10.2 Å². The number of nitrogens with two attached hydrogens (primary N) is 1. The van der Waals surface area contributed by atoms with Gasteiger partial charge in [-0.05, 0) is 49.0 Å². The number of thiocarbonyl (C=S) groups is 2. The highest BCUT2D eigenvalue weighted by atomic mass is 32.2. The predicted octanol–water partition coefficient (Wildman–Crippen LogP) is 4.37. The van der Waals surface area contributed by atoms with E-state index in [0.717, 1.165) is 32.1 Å². The minimum absolute atomic E-state index is 0.300. The van der Waals surface area contributed by atoms with Crippen molar-refractivity contribution < 1.29 is 4.74 Å². The van der Waals surface area contributed by atoms with E-state index in [2.05, 4.69) is 24.1 Å². The second kappa shape index (κ2) is 9.66. The first-order valence-electron chi connectivity index (χ1n) is 7.43. The molecule has 1 atom stereocenters. The van der Waals surface area contributed by atoms with Crippen LogP contribution in [0.4, 0.5) is 0 Å². The summed E-state index contributed by atoms with van der Waals surface area (Å²) in [6.45, 7) is 4.92. The molecule has 0 aromatic heterocycles. The molecule has 0 spiro atoms. The molecule has 0 aliphatic carbocycles. The molecule has 1 rings (SSSR count). The maximum atomic E-state index is 6.04. The van der Waals surface area contributed by atoms with Crippen molar-refractivity contribution in [1.82, 2.24) is 5.01 Å². The average molecular weight is 349 g/mol. The highest BCUT2D eigenvalue weighted by molar-refractivity contribution is 8.23. The summed E-state index contributed by atoms with van der Waals surface area (Å²) < 4.78 is 6.00. The SMILES string of the molecule is CCCCCCC1(SC(=S)OCCCC)N=NC(=S)N1N. The van der Waals surface area contributed by atoms with Crippen molar-refractivity contribution in [3.8, 4) is 0 Å². The third-order valence-electron chi connectivity index (χ3n) is 3.19. The summed E-state index contributed by atoms with van der Waals surface area (Å²) in [6, 6.07) is 0. The molecule has 1 aliphatic heterocycles. The van der Waals surface area contributed by atoms with Crippen molar-refractivity contribution in [2.24, 2.45) is 16.1 Å². The fourth-order valence-electron chi connectivity index (χ4n) is 1.90. The van der Waals surface area contributed by atoms with Crippen LogP contribution < -0.4 is 5.84 Å². The fourth-order valence-corrected chi connectivity index (χ4v) is 3.56. The lowest BCUT2D eigenvalue weighted by Gasteiger charge is -2.31. The molecular formula is C13H24N4OS3. The van der Waals surface area contributed by atoms with Crippen LogP contribution in [0.25, 0.3) is 0 Å². The summed E-state index contributed by atoms with van der Waals surface area (Å²) >= 11 is 11.7. The van der Waals surface area contributed by atoms with E-state index >= 15 is 0 Å². The van der Waals surface area contributed by atoms with Gasteiger partial charge in [-0.25, -0.2) is 10.9 Å². The molecule has 21 heavy (non-hydrogen) atoms. The van der Waals surface area contributed by atoms with Gasteiger partial charge in [-0.1, -0.05) is 39.5 Å². The zero-order chi connectivity index (χ0) is 15.7. The van der Waals surface area contributed by atoms with Gasteiger partial charge in [0.2, 0.25) is 14.5 Å². The number of nitrogens with zero attached hydrogens (tertiary/aromatic N) is 3. The Bertz CT molecular complexity index is 392. The number of ether oxygens (including phenoxy) is 1. The Hall–Kier alpha value is -0.310. The molecule has 8 heteroatoms. The van der Waals surface area contributed by atoms with Gasteiger partial charge in [0.1, 0.15) is 0 Å².